The molecule has 12 heteroatoms. The average molecular weight is 661 g/mol. The fraction of sp³-hybridized carbons (Fsp3) is 0.364. The summed E-state index contributed by atoms with van der Waals surface area (Å²) in [7, 11) is 0. The number of carbonyl (C=O) groups excluding carboxylic acids is 3. The van der Waals surface area contributed by atoms with E-state index in [1.54, 1.807) is 56.3 Å². The maximum Gasteiger partial charge on any atom is 0.412 e. The Hall–Kier alpha value is -3.83. The number of unbranched alkanes of at least 4 members (excludes halogenated alkanes) is 1. The third-order valence-electron chi connectivity index (χ3n) is 6.78. The Bertz CT molecular complexity index is 1410. The van der Waals surface area contributed by atoms with Crippen LogP contribution in [0.1, 0.15) is 39.2 Å². The van der Waals surface area contributed by atoms with E-state index in [-0.39, 0.29) is 11.4 Å². The van der Waals surface area contributed by atoms with Gasteiger partial charge in [0.2, 0.25) is 0 Å². The molecule has 3 aromatic carbocycles. The quantitative estimate of drug-likeness (QED) is 0.131. The molecule has 0 heterocycles. The number of benzene rings is 3. The third kappa shape index (κ3) is 11.2. The number of hydrogen-bond acceptors (Lipinski definition) is 7. The van der Waals surface area contributed by atoms with Crippen molar-refractivity contribution in [3.05, 3.63) is 88.4 Å². The van der Waals surface area contributed by atoms with Crippen molar-refractivity contribution in [2.75, 3.05) is 11.9 Å². The van der Waals surface area contributed by atoms with Gasteiger partial charge in [0.1, 0.15) is 17.6 Å². The van der Waals surface area contributed by atoms with Crippen LogP contribution in [0.2, 0.25) is 10.0 Å². The van der Waals surface area contributed by atoms with E-state index in [1.807, 2.05) is 37.3 Å². The summed E-state index contributed by atoms with van der Waals surface area (Å²) in [5.41, 5.74) is 0.986. The molecule has 4 unspecified atom stereocenters. The Morgan fingerprint density at radius 3 is 2.16 bits per heavy atom. The molecule has 5 N–H and O–H groups in total. The zero-order chi connectivity index (χ0) is 32.9. The monoisotopic (exact) mass is 659 g/mol. The maximum atomic E-state index is 13.4. The van der Waals surface area contributed by atoms with Crippen molar-refractivity contribution in [1.82, 2.24) is 10.6 Å². The second kappa shape index (κ2) is 17.6. The molecule has 3 aromatic rings. The molecule has 3 rings (SSSR count). The normalized spacial score (nSPS) is 13.7. The molecule has 4 atom stereocenters. The topological polar surface area (TPSA) is 146 Å². The molecular weight excluding hydrogens is 621 g/mol. The first-order valence-electron chi connectivity index (χ1n) is 14.7. The summed E-state index contributed by atoms with van der Waals surface area (Å²) in [6.07, 6.45) is -4.19. The number of carbonyl (C=O) groups is 3. The number of aliphatic hydroxyl groups excluding tert-OH is 2. The zero-order valence-electron chi connectivity index (χ0n) is 25.3. The van der Waals surface area contributed by atoms with Gasteiger partial charge in [-0.3, -0.25) is 14.9 Å². The second-order valence-corrected chi connectivity index (χ2v) is 11.6. The van der Waals surface area contributed by atoms with E-state index in [0.29, 0.717) is 40.7 Å². The van der Waals surface area contributed by atoms with E-state index in [4.69, 9.17) is 32.7 Å². The van der Waals surface area contributed by atoms with Crippen molar-refractivity contribution >= 4 is 46.8 Å². The number of ether oxygens (including phenoxy) is 2. The van der Waals surface area contributed by atoms with Gasteiger partial charge in [0.05, 0.1) is 16.1 Å². The standard InChI is InChI=1S/C33H39Cl2N3O7/c1-4-5-17-36-31(41)29(40)28(39)27(19-21-11-16-25(34)26(35)18-21)38-32(42)30(20(2)3)45-33(43)37-22-12-14-24(15-13-22)44-23-9-7-6-8-10-23/h6-16,18,20,27-30,39-40H,4-5,17,19H2,1-3H3,(H,36,41)(H,37,43)(H,38,42). The maximum absolute atomic E-state index is 13.4. The van der Waals surface area contributed by atoms with Gasteiger partial charge in [-0.15, -0.1) is 0 Å². The van der Waals surface area contributed by atoms with Crippen molar-refractivity contribution in [3.8, 4) is 11.5 Å². The molecule has 0 aromatic heterocycles. The molecule has 0 saturated carbocycles. The molecule has 0 spiro atoms. The van der Waals surface area contributed by atoms with Gasteiger partial charge in [-0.2, -0.15) is 0 Å². The highest BCUT2D eigenvalue weighted by Crippen LogP contribution is 2.25. The van der Waals surface area contributed by atoms with Gasteiger partial charge in [-0.1, -0.05) is 74.7 Å². The van der Waals surface area contributed by atoms with Gasteiger partial charge < -0.3 is 30.3 Å². The Balaban J connectivity index is 1.70. The van der Waals surface area contributed by atoms with Crippen LogP contribution >= 0.6 is 23.2 Å². The van der Waals surface area contributed by atoms with Crippen molar-refractivity contribution in [3.63, 3.8) is 0 Å². The number of halogens is 2. The van der Waals surface area contributed by atoms with E-state index < -0.39 is 48.2 Å². The highest BCUT2D eigenvalue weighted by Gasteiger charge is 2.35. The summed E-state index contributed by atoms with van der Waals surface area (Å²) < 4.78 is 11.2. The number of aliphatic hydroxyl groups is 2. The van der Waals surface area contributed by atoms with Crippen LogP contribution in [0, 0.1) is 5.92 Å². The molecule has 0 aliphatic rings. The summed E-state index contributed by atoms with van der Waals surface area (Å²) in [4.78, 5) is 38.8. The predicted molar refractivity (Wildman–Crippen MR) is 174 cm³/mol. The molecule has 0 aliphatic heterocycles. The zero-order valence-corrected chi connectivity index (χ0v) is 26.8. The lowest BCUT2D eigenvalue weighted by atomic mass is 9.96. The fourth-order valence-electron chi connectivity index (χ4n) is 4.30. The van der Waals surface area contributed by atoms with Crippen molar-refractivity contribution in [2.24, 2.45) is 5.92 Å². The van der Waals surface area contributed by atoms with Gasteiger partial charge in [0.15, 0.2) is 12.2 Å². The van der Waals surface area contributed by atoms with Crippen molar-refractivity contribution in [1.29, 1.82) is 0 Å². The van der Waals surface area contributed by atoms with Crippen LogP contribution in [0.4, 0.5) is 10.5 Å². The molecule has 45 heavy (non-hydrogen) atoms. The second-order valence-electron chi connectivity index (χ2n) is 10.8. The van der Waals surface area contributed by atoms with E-state index in [1.165, 1.54) is 0 Å². The molecule has 242 valence electrons. The summed E-state index contributed by atoms with van der Waals surface area (Å²) >= 11 is 12.2. The van der Waals surface area contributed by atoms with Crippen LogP contribution in [0.15, 0.2) is 72.8 Å². The summed E-state index contributed by atoms with van der Waals surface area (Å²) in [6.45, 7) is 5.65. The Kier molecular flexibility index (Phi) is 13.9. The van der Waals surface area contributed by atoms with Crippen LogP contribution in [-0.2, 0) is 20.7 Å². The number of rotatable bonds is 15. The molecular formula is C33H39Cl2N3O7. The minimum Gasteiger partial charge on any atom is -0.457 e. The van der Waals surface area contributed by atoms with Crippen molar-refractivity contribution in [2.45, 2.75) is 64.4 Å². The van der Waals surface area contributed by atoms with Crippen LogP contribution in [0.3, 0.4) is 0 Å². The molecule has 0 fully saturated rings. The van der Waals surface area contributed by atoms with E-state index in [9.17, 15) is 24.6 Å². The molecule has 10 nitrogen and oxygen atoms in total. The number of hydrogen-bond donors (Lipinski definition) is 5. The molecule has 3 amide bonds. The Morgan fingerprint density at radius 2 is 1.53 bits per heavy atom. The van der Waals surface area contributed by atoms with Gasteiger partial charge >= 0.3 is 6.09 Å². The number of nitrogens with one attached hydrogen (secondary N) is 3. The Labute approximate surface area is 273 Å². The number of para-hydroxylation sites is 1. The SMILES string of the molecule is CCCCNC(=O)C(O)C(O)C(Cc1ccc(Cl)c(Cl)c1)NC(=O)C(OC(=O)Nc1ccc(Oc2ccccc2)cc1)C(C)C. The van der Waals surface area contributed by atoms with Gasteiger partial charge in [-0.05, 0) is 72.9 Å². The minimum absolute atomic E-state index is 0.0164. The fourth-order valence-corrected chi connectivity index (χ4v) is 4.62. The average Bonchev–Trinajstić information content (AvgIpc) is 3.02. The lowest BCUT2D eigenvalue weighted by Crippen LogP contribution is -2.56. The first-order valence-corrected chi connectivity index (χ1v) is 15.4. The lowest BCUT2D eigenvalue weighted by Gasteiger charge is -2.30. The lowest BCUT2D eigenvalue weighted by molar-refractivity contribution is -0.140. The predicted octanol–water partition coefficient (Wildman–Crippen LogP) is 5.72. The van der Waals surface area contributed by atoms with E-state index >= 15 is 0 Å². The highest BCUT2D eigenvalue weighted by atomic mass is 35.5. The largest absolute Gasteiger partial charge is 0.457 e. The summed E-state index contributed by atoms with van der Waals surface area (Å²) in [6, 6.07) is 19.4. The smallest absolute Gasteiger partial charge is 0.412 e. The molecule has 0 aliphatic carbocycles. The highest BCUT2D eigenvalue weighted by molar-refractivity contribution is 6.42. The van der Waals surface area contributed by atoms with E-state index in [2.05, 4.69) is 16.0 Å². The number of anilines is 1. The minimum atomic E-state index is -1.84. The van der Waals surface area contributed by atoms with Crippen LogP contribution in [-0.4, -0.2) is 59.0 Å². The summed E-state index contributed by atoms with van der Waals surface area (Å²) in [5, 5.41) is 30.1. The van der Waals surface area contributed by atoms with Gasteiger partial charge in [0, 0.05) is 12.2 Å². The third-order valence-corrected chi connectivity index (χ3v) is 7.52. The molecule has 0 bridgehead atoms. The van der Waals surface area contributed by atoms with Gasteiger partial charge in [-0.25, -0.2) is 4.79 Å². The molecule has 0 radical (unpaired) electrons. The number of amides is 3. The van der Waals surface area contributed by atoms with Crippen molar-refractivity contribution < 1.29 is 34.1 Å². The van der Waals surface area contributed by atoms with Crippen LogP contribution in [0.25, 0.3) is 0 Å². The summed E-state index contributed by atoms with van der Waals surface area (Å²) in [5.74, 6) is -0.750. The van der Waals surface area contributed by atoms with E-state index in [0.717, 1.165) is 6.42 Å². The van der Waals surface area contributed by atoms with Crippen LogP contribution < -0.4 is 20.7 Å². The molecule has 0 saturated heterocycles. The first-order chi connectivity index (χ1) is 21.5. The van der Waals surface area contributed by atoms with Gasteiger partial charge in [0.25, 0.3) is 11.8 Å². The first kappa shape index (κ1) is 35.6. The van der Waals surface area contributed by atoms with Crippen LogP contribution in [0.5, 0.6) is 11.5 Å². The Morgan fingerprint density at radius 1 is 0.867 bits per heavy atom.